The summed E-state index contributed by atoms with van der Waals surface area (Å²) in [6.45, 7) is 4.40. The Kier molecular flexibility index (Phi) is 11.6. The second kappa shape index (κ2) is 14.3. The van der Waals surface area contributed by atoms with Crippen LogP contribution in [0.25, 0.3) is 11.1 Å². The summed E-state index contributed by atoms with van der Waals surface area (Å²) >= 11 is 0. The maximum absolute atomic E-state index is 13.9. The van der Waals surface area contributed by atoms with Gasteiger partial charge >= 0.3 is 0 Å². The molecule has 0 aliphatic rings. The second-order valence-corrected chi connectivity index (χ2v) is 8.23. The first-order valence-corrected chi connectivity index (χ1v) is 11.8. The van der Waals surface area contributed by atoms with Gasteiger partial charge in [-0.3, -0.25) is 0 Å². The van der Waals surface area contributed by atoms with Crippen LogP contribution in [0.3, 0.4) is 0 Å². The van der Waals surface area contributed by atoms with Gasteiger partial charge in [-0.25, -0.2) is 14.4 Å². The Morgan fingerprint density at radius 3 is 2.00 bits per heavy atom. The van der Waals surface area contributed by atoms with Crippen molar-refractivity contribution in [2.24, 2.45) is 0 Å². The SMILES string of the molecule is CCCCCCCCc1ccc(-c2cnc(CCC(F)CCCCC)nc2)cc1. The predicted octanol–water partition coefficient (Wildman–Crippen LogP) is 7.90. The molecular formula is C26H39FN2. The molecule has 160 valence electrons. The van der Waals surface area contributed by atoms with Crippen molar-refractivity contribution in [3.05, 3.63) is 48.0 Å². The number of benzene rings is 1. The zero-order valence-corrected chi connectivity index (χ0v) is 18.5. The molecule has 2 nitrogen and oxygen atoms in total. The average Bonchev–Trinajstić information content (AvgIpc) is 2.76. The van der Waals surface area contributed by atoms with Crippen molar-refractivity contribution in [3.63, 3.8) is 0 Å². The number of hydrogen-bond donors (Lipinski definition) is 0. The van der Waals surface area contributed by atoms with E-state index in [1.165, 1.54) is 44.1 Å². The van der Waals surface area contributed by atoms with Crippen LogP contribution in [-0.2, 0) is 12.8 Å². The van der Waals surface area contributed by atoms with Crippen molar-refractivity contribution in [3.8, 4) is 11.1 Å². The number of unbranched alkanes of at least 4 members (excludes halogenated alkanes) is 7. The van der Waals surface area contributed by atoms with E-state index in [0.717, 1.165) is 42.6 Å². The molecular weight excluding hydrogens is 359 g/mol. The van der Waals surface area contributed by atoms with Crippen LogP contribution in [0.1, 0.15) is 95.9 Å². The molecule has 0 saturated heterocycles. The van der Waals surface area contributed by atoms with Gasteiger partial charge in [0, 0.05) is 24.4 Å². The van der Waals surface area contributed by atoms with Crippen LogP contribution in [0.4, 0.5) is 4.39 Å². The summed E-state index contributed by atoms with van der Waals surface area (Å²) in [5, 5.41) is 0. The molecule has 1 atom stereocenters. The lowest BCUT2D eigenvalue weighted by molar-refractivity contribution is 0.287. The smallest absolute Gasteiger partial charge is 0.128 e. The molecule has 0 spiro atoms. The predicted molar refractivity (Wildman–Crippen MR) is 122 cm³/mol. The lowest BCUT2D eigenvalue weighted by Gasteiger charge is -2.08. The van der Waals surface area contributed by atoms with Crippen molar-refractivity contribution in [1.82, 2.24) is 9.97 Å². The third kappa shape index (κ3) is 9.51. The van der Waals surface area contributed by atoms with Crippen LogP contribution >= 0.6 is 0 Å². The van der Waals surface area contributed by atoms with Crippen LogP contribution in [-0.4, -0.2) is 16.1 Å². The van der Waals surface area contributed by atoms with E-state index < -0.39 is 6.17 Å². The molecule has 29 heavy (non-hydrogen) atoms. The minimum Gasteiger partial charge on any atom is -0.247 e. The van der Waals surface area contributed by atoms with Crippen LogP contribution in [0.5, 0.6) is 0 Å². The van der Waals surface area contributed by atoms with Gasteiger partial charge in [-0.1, -0.05) is 89.5 Å². The molecule has 3 heteroatoms. The largest absolute Gasteiger partial charge is 0.247 e. The Morgan fingerprint density at radius 2 is 1.31 bits per heavy atom. The fourth-order valence-corrected chi connectivity index (χ4v) is 3.65. The zero-order chi connectivity index (χ0) is 20.7. The highest BCUT2D eigenvalue weighted by Gasteiger charge is 2.08. The van der Waals surface area contributed by atoms with Crippen molar-refractivity contribution in [2.45, 2.75) is 103 Å². The van der Waals surface area contributed by atoms with Crippen molar-refractivity contribution in [1.29, 1.82) is 0 Å². The van der Waals surface area contributed by atoms with Crippen LogP contribution in [0.2, 0.25) is 0 Å². The number of hydrogen-bond acceptors (Lipinski definition) is 2. The number of aryl methyl sites for hydroxylation is 2. The Bertz CT molecular complexity index is 651. The topological polar surface area (TPSA) is 25.8 Å². The van der Waals surface area contributed by atoms with Gasteiger partial charge in [0.15, 0.2) is 0 Å². The van der Waals surface area contributed by atoms with E-state index >= 15 is 0 Å². The number of aromatic nitrogens is 2. The van der Waals surface area contributed by atoms with Crippen LogP contribution in [0.15, 0.2) is 36.7 Å². The standard InChI is InChI=1S/C26H39FN2/c1-3-5-7-8-9-11-12-22-14-16-23(17-15-22)24-20-28-26(29-21-24)19-18-25(27)13-10-6-4-2/h14-17,20-21,25H,3-13,18-19H2,1-2H3. The average molecular weight is 399 g/mol. The molecule has 0 N–H and O–H groups in total. The molecule has 2 aromatic rings. The summed E-state index contributed by atoms with van der Waals surface area (Å²) < 4.78 is 13.9. The first kappa shape index (κ1) is 23.5. The van der Waals surface area contributed by atoms with Crippen molar-refractivity contribution >= 4 is 0 Å². The lowest BCUT2D eigenvalue weighted by atomic mass is 10.0. The molecule has 1 unspecified atom stereocenters. The minimum absolute atomic E-state index is 0.524. The fourth-order valence-electron chi connectivity index (χ4n) is 3.65. The molecule has 1 aromatic heterocycles. The highest BCUT2D eigenvalue weighted by molar-refractivity contribution is 5.61. The van der Waals surface area contributed by atoms with Gasteiger partial charge in [-0.15, -0.1) is 0 Å². The number of halogens is 1. The quantitative estimate of drug-likeness (QED) is 0.285. The van der Waals surface area contributed by atoms with Crippen LogP contribution < -0.4 is 0 Å². The molecule has 0 radical (unpaired) electrons. The maximum atomic E-state index is 13.9. The van der Waals surface area contributed by atoms with Gasteiger partial charge in [0.2, 0.25) is 0 Å². The number of alkyl halides is 1. The van der Waals surface area contributed by atoms with E-state index in [9.17, 15) is 4.39 Å². The highest BCUT2D eigenvalue weighted by Crippen LogP contribution is 2.20. The summed E-state index contributed by atoms with van der Waals surface area (Å²) in [7, 11) is 0. The van der Waals surface area contributed by atoms with Gasteiger partial charge in [0.05, 0.1) is 0 Å². The van der Waals surface area contributed by atoms with Crippen molar-refractivity contribution in [2.75, 3.05) is 0 Å². The van der Waals surface area contributed by atoms with Gasteiger partial charge < -0.3 is 0 Å². The van der Waals surface area contributed by atoms with E-state index in [4.69, 9.17) is 0 Å². The van der Waals surface area contributed by atoms with Gasteiger partial charge in [-0.05, 0) is 36.8 Å². The molecule has 0 fully saturated rings. The van der Waals surface area contributed by atoms with E-state index in [1.807, 2.05) is 12.4 Å². The monoisotopic (exact) mass is 398 g/mol. The minimum atomic E-state index is -0.732. The van der Waals surface area contributed by atoms with E-state index in [-0.39, 0.29) is 0 Å². The normalized spacial score (nSPS) is 12.2. The Hall–Kier alpha value is -1.77. The fraction of sp³-hybridized carbons (Fsp3) is 0.615. The van der Waals surface area contributed by atoms with E-state index in [0.29, 0.717) is 19.3 Å². The molecule has 0 aliphatic heterocycles. The Morgan fingerprint density at radius 1 is 0.690 bits per heavy atom. The zero-order valence-electron chi connectivity index (χ0n) is 18.5. The lowest BCUT2D eigenvalue weighted by Crippen LogP contribution is -2.04. The van der Waals surface area contributed by atoms with Gasteiger partial charge in [0.25, 0.3) is 0 Å². The molecule has 0 bridgehead atoms. The van der Waals surface area contributed by atoms with Crippen LogP contribution in [0, 0.1) is 0 Å². The third-order valence-corrected chi connectivity index (χ3v) is 5.61. The summed E-state index contributed by atoms with van der Waals surface area (Å²) in [6.07, 6.45) is 17.2. The Balaban J connectivity index is 1.74. The summed E-state index contributed by atoms with van der Waals surface area (Å²) in [5.41, 5.74) is 3.57. The summed E-state index contributed by atoms with van der Waals surface area (Å²) in [4.78, 5) is 8.91. The molecule has 1 heterocycles. The molecule has 2 rings (SSSR count). The van der Waals surface area contributed by atoms with Gasteiger partial charge in [-0.2, -0.15) is 0 Å². The van der Waals surface area contributed by atoms with E-state index in [2.05, 4.69) is 48.1 Å². The van der Waals surface area contributed by atoms with Crippen molar-refractivity contribution < 1.29 is 4.39 Å². The second-order valence-electron chi connectivity index (χ2n) is 8.23. The number of nitrogens with zero attached hydrogens (tertiary/aromatic N) is 2. The van der Waals surface area contributed by atoms with Gasteiger partial charge in [0.1, 0.15) is 12.0 Å². The molecule has 0 amide bonds. The summed E-state index contributed by atoms with van der Waals surface area (Å²) in [5.74, 6) is 0.742. The first-order valence-electron chi connectivity index (χ1n) is 11.8. The summed E-state index contributed by atoms with van der Waals surface area (Å²) in [6, 6.07) is 8.77. The first-order chi connectivity index (χ1) is 14.2. The third-order valence-electron chi connectivity index (χ3n) is 5.61. The molecule has 0 saturated carbocycles. The number of rotatable bonds is 15. The van der Waals surface area contributed by atoms with E-state index in [1.54, 1.807) is 0 Å². The highest BCUT2D eigenvalue weighted by atomic mass is 19.1. The maximum Gasteiger partial charge on any atom is 0.128 e. The molecule has 1 aromatic carbocycles. The molecule has 0 aliphatic carbocycles. The Labute approximate surface area is 177 Å².